The van der Waals surface area contributed by atoms with Gasteiger partial charge >= 0.3 is 0 Å². The van der Waals surface area contributed by atoms with Crippen LogP contribution >= 0.6 is 0 Å². The number of hydrogen-bond donors (Lipinski definition) is 2. The van der Waals surface area contributed by atoms with Crippen molar-refractivity contribution in [1.29, 1.82) is 0 Å². The van der Waals surface area contributed by atoms with Crippen LogP contribution in [0.4, 0.5) is 11.4 Å². The second kappa shape index (κ2) is 8.86. The van der Waals surface area contributed by atoms with Gasteiger partial charge in [0.15, 0.2) is 6.20 Å². The normalized spacial score (nSPS) is 11.2. The number of para-hydroxylation sites is 2. The molecule has 3 aromatic rings. The Morgan fingerprint density at radius 3 is 1.85 bits per heavy atom. The second-order valence-corrected chi connectivity index (χ2v) is 6.34. The molecule has 2 aromatic carbocycles. The molecule has 1 heterocycles. The number of aryl methyl sites for hydroxylation is 1. The van der Waals surface area contributed by atoms with E-state index in [2.05, 4.69) is 101 Å². The van der Waals surface area contributed by atoms with Crippen LogP contribution in [0.1, 0.15) is 22.4 Å². The Hall–Kier alpha value is -3.33. The van der Waals surface area contributed by atoms with Crippen molar-refractivity contribution in [2.24, 2.45) is 7.05 Å². The molecule has 27 heavy (non-hydrogen) atoms. The third-order valence-electron chi connectivity index (χ3n) is 4.56. The van der Waals surface area contributed by atoms with Gasteiger partial charge in [0.25, 0.3) is 0 Å². The van der Waals surface area contributed by atoms with Gasteiger partial charge in [-0.15, -0.1) is 0 Å². The van der Waals surface area contributed by atoms with Gasteiger partial charge in [0.05, 0.1) is 0 Å². The summed E-state index contributed by atoms with van der Waals surface area (Å²) in [7, 11) is 5.95. The van der Waals surface area contributed by atoms with Crippen LogP contribution in [0.2, 0.25) is 0 Å². The number of benzene rings is 2. The number of nitrogens with zero attached hydrogens (tertiary/aromatic N) is 1. The molecule has 0 spiro atoms. The Bertz CT molecular complexity index is 971. The Kier molecular flexibility index (Phi) is 6.06. The quantitative estimate of drug-likeness (QED) is 0.613. The summed E-state index contributed by atoms with van der Waals surface area (Å²) in [6, 6.07) is 20.9. The zero-order chi connectivity index (χ0) is 19.1. The average molecular weight is 356 g/mol. The monoisotopic (exact) mass is 356 g/mol. The lowest BCUT2D eigenvalue weighted by molar-refractivity contribution is -0.673. The maximum absolute atomic E-state index is 3.23. The van der Waals surface area contributed by atoms with Crippen LogP contribution in [0, 0.1) is 0 Å². The SMILES string of the molecule is CNc1ccccc1/C=C/c1cc[n+](C)c(/C=C/c2ccccc2NC)c1. The molecule has 3 rings (SSSR count). The minimum Gasteiger partial charge on any atom is -0.388 e. The fourth-order valence-corrected chi connectivity index (χ4v) is 2.98. The first-order chi connectivity index (χ1) is 13.2. The van der Waals surface area contributed by atoms with Gasteiger partial charge in [-0.25, -0.2) is 4.57 Å². The van der Waals surface area contributed by atoms with Crippen LogP contribution in [-0.4, -0.2) is 14.1 Å². The predicted molar refractivity (Wildman–Crippen MR) is 117 cm³/mol. The van der Waals surface area contributed by atoms with E-state index in [0.717, 1.165) is 17.1 Å². The van der Waals surface area contributed by atoms with Crippen molar-refractivity contribution in [2.75, 3.05) is 24.7 Å². The third kappa shape index (κ3) is 4.64. The van der Waals surface area contributed by atoms with Gasteiger partial charge in [-0.1, -0.05) is 48.6 Å². The van der Waals surface area contributed by atoms with E-state index in [9.17, 15) is 0 Å². The van der Waals surface area contributed by atoms with Gasteiger partial charge in [-0.2, -0.15) is 0 Å². The minimum absolute atomic E-state index is 1.12. The molecule has 0 fully saturated rings. The summed E-state index contributed by atoms with van der Waals surface area (Å²) in [5, 5.41) is 6.46. The molecule has 0 unspecified atom stereocenters. The standard InChI is InChI=1S/C24H25N3/c1-25-23-10-6-4-8-20(23)13-12-19-16-17-27(3)22(18-19)15-14-21-9-5-7-11-24(21)26-2/h4-18H,1-3H3,(H,25,26)/p+1. The summed E-state index contributed by atoms with van der Waals surface area (Å²) in [6.45, 7) is 0. The molecule has 0 aliphatic carbocycles. The number of anilines is 2. The number of pyridine rings is 1. The van der Waals surface area contributed by atoms with Gasteiger partial charge < -0.3 is 10.6 Å². The molecule has 1 aromatic heterocycles. The Morgan fingerprint density at radius 2 is 1.26 bits per heavy atom. The van der Waals surface area contributed by atoms with Crippen molar-refractivity contribution in [1.82, 2.24) is 0 Å². The number of hydrogen-bond acceptors (Lipinski definition) is 2. The van der Waals surface area contributed by atoms with Crippen molar-refractivity contribution in [2.45, 2.75) is 0 Å². The minimum atomic E-state index is 1.12. The first-order valence-corrected chi connectivity index (χ1v) is 9.10. The van der Waals surface area contributed by atoms with Crippen molar-refractivity contribution in [3.8, 4) is 0 Å². The molecule has 0 radical (unpaired) electrons. The lowest BCUT2D eigenvalue weighted by Gasteiger charge is -2.04. The maximum Gasteiger partial charge on any atom is 0.205 e. The van der Waals surface area contributed by atoms with Crippen molar-refractivity contribution < 1.29 is 4.57 Å². The van der Waals surface area contributed by atoms with E-state index in [0.29, 0.717) is 0 Å². The van der Waals surface area contributed by atoms with E-state index >= 15 is 0 Å². The summed E-state index contributed by atoms with van der Waals surface area (Å²) >= 11 is 0. The second-order valence-electron chi connectivity index (χ2n) is 6.34. The smallest absolute Gasteiger partial charge is 0.205 e. The third-order valence-corrected chi connectivity index (χ3v) is 4.56. The van der Waals surface area contributed by atoms with E-state index in [1.165, 1.54) is 16.7 Å². The zero-order valence-corrected chi connectivity index (χ0v) is 16.1. The van der Waals surface area contributed by atoms with Crippen molar-refractivity contribution in [3.63, 3.8) is 0 Å². The van der Waals surface area contributed by atoms with E-state index in [1.807, 2.05) is 26.2 Å². The number of aromatic nitrogens is 1. The molecular formula is C24H26N3+. The molecule has 2 N–H and O–H groups in total. The van der Waals surface area contributed by atoms with Gasteiger partial charge in [0.2, 0.25) is 5.69 Å². The number of rotatable bonds is 6. The van der Waals surface area contributed by atoms with Crippen LogP contribution in [-0.2, 0) is 7.05 Å². The lowest BCUT2D eigenvalue weighted by Crippen LogP contribution is -2.30. The Labute approximate surface area is 161 Å². The van der Waals surface area contributed by atoms with E-state index in [-0.39, 0.29) is 0 Å². The molecule has 0 aliphatic heterocycles. The molecule has 3 nitrogen and oxygen atoms in total. The van der Waals surface area contributed by atoms with Crippen LogP contribution < -0.4 is 15.2 Å². The van der Waals surface area contributed by atoms with Gasteiger partial charge in [0.1, 0.15) is 7.05 Å². The molecule has 0 atom stereocenters. The fourth-order valence-electron chi connectivity index (χ4n) is 2.98. The lowest BCUT2D eigenvalue weighted by atomic mass is 10.1. The first-order valence-electron chi connectivity index (χ1n) is 9.10. The average Bonchev–Trinajstić information content (AvgIpc) is 2.72. The molecule has 0 amide bonds. The van der Waals surface area contributed by atoms with Crippen molar-refractivity contribution >= 4 is 35.7 Å². The maximum atomic E-state index is 3.23. The molecule has 0 saturated carbocycles. The molecule has 136 valence electrons. The largest absolute Gasteiger partial charge is 0.388 e. The first kappa shape index (κ1) is 18.5. The molecule has 0 aliphatic rings. The highest BCUT2D eigenvalue weighted by atomic mass is 14.9. The van der Waals surface area contributed by atoms with Crippen LogP contribution in [0.15, 0.2) is 66.9 Å². The topological polar surface area (TPSA) is 27.9 Å². The van der Waals surface area contributed by atoms with E-state index in [1.54, 1.807) is 0 Å². The van der Waals surface area contributed by atoms with Gasteiger partial charge in [-0.05, 0) is 34.9 Å². The van der Waals surface area contributed by atoms with Crippen LogP contribution in [0.25, 0.3) is 24.3 Å². The predicted octanol–water partition coefficient (Wildman–Crippen LogP) is 4.94. The number of nitrogens with one attached hydrogen (secondary N) is 2. The van der Waals surface area contributed by atoms with E-state index < -0.39 is 0 Å². The summed E-state index contributed by atoms with van der Waals surface area (Å²) in [5.74, 6) is 0. The summed E-state index contributed by atoms with van der Waals surface area (Å²) in [5.41, 5.74) is 6.90. The summed E-state index contributed by atoms with van der Waals surface area (Å²) in [4.78, 5) is 0. The highest BCUT2D eigenvalue weighted by molar-refractivity contribution is 5.78. The summed E-state index contributed by atoms with van der Waals surface area (Å²) < 4.78 is 2.12. The van der Waals surface area contributed by atoms with Crippen LogP contribution in [0.5, 0.6) is 0 Å². The van der Waals surface area contributed by atoms with E-state index in [4.69, 9.17) is 0 Å². The van der Waals surface area contributed by atoms with Crippen molar-refractivity contribution in [3.05, 3.63) is 89.2 Å². The van der Waals surface area contributed by atoms with Gasteiger partial charge in [0, 0.05) is 43.7 Å². The summed E-state index contributed by atoms with van der Waals surface area (Å²) in [6.07, 6.45) is 10.7. The Morgan fingerprint density at radius 1 is 0.704 bits per heavy atom. The molecule has 3 heteroatoms. The highest BCUT2D eigenvalue weighted by Gasteiger charge is 2.04. The fraction of sp³-hybridized carbons (Fsp3) is 0.125. The molecular weight excluding hydrogens is 330 g/mol. The van der Waals surface area contributed by atoms with Crippen LogP contribution in [0.3, 0.4) is 0 Å². The zero-order valence-electron chi connectivity index (χ0n) is 16.1. The Balaban J connectivity index is 1.86. The van der Waals surface area contributed by atoms with Gasteiger partial charge in [-0.3, -0.25) is 0 Å². The molecule has 0 saturated heterocycles. The highest BCUT2D eigenvalue weighted by Crippen LogP contribution is 2.19. The molecule has 0 bridgehead atoms.